The highest BCUT2D eigenvalue weighted by molar-refractivity contribution is 9.10. The van der Waals surface area contributed by atoms with Gasteiger partial charge >= 0.3 is 0 Å². The summed E-state index contributed by atoms with van der Waals surface area (Å²) in [4.78, 5) is 8.62. The van der Waals surface area contributed by atoms with E-state index in [4.69, 9.17) is 4.52 Å². The van der Waals surface area contributed by atoms with Gasteiger partial charge in [-0.25, -0.2) is 0 Å². The van der Waals surface area contributed by atoms with E-state index in [1.165, 1.54) is 0 Å². The lowest BCUT2D eigenvalue weighted by Gasteiger charge is -2.09. The molecule has 1 unspecified atom stereocenters. The molecule has 6 heteroatoms. The van der Waals surface area contributed by atoms with Crippen LogP contribution in [0, 0.1) is 0 Å². The number of hydrogen-bond donors (Lipinski definition) is 1. The van der Waals surface area contributed by atoms with E-state index >= 15 is 0 Å². The molecule has 2 aromatic rings. The van der Waals surface area contributed by atoms with Gasteiger partial charge in [-0.15, -0.1) is 0 Å². The molecule has 102 valence electrons. The number of halogens is 1. The molecule has 0 amide bonds. The minimum atomic E-state index is 0.446. The van der Waals surface area contributed by atoms with Gasteiger partial charge in [0.2, 0.25) is 11.7 Å². The summed E-state index contributed by atoms with van der Waals surface area (Å²) < 4.78 is 6.12. The van der Waals surface area contributed by atoms with E-state index in [0.717, 1.165) is 23.9 Å². The molecule has 0 radical (unpaired) electrons. The van der Waals surface area contributed by atoms with Crippen molar-refractivity contribution in [1.82, 2.24) is 20.4 Å². The molecule has 0 bridgehead atoms. The van der Waals surface area contributed by atoms with Crippen LogP contribution in [0.5, 0.6) is 0 Å². The van der Waals surface area contributed by atoms with Crippen molar-refractivity contribution in [3.05, 3.63) is 28.7 Å². The number of pyridine rings is 1. The predicted molar refractivity (Wildman–Crippen MR) is 76.7 cm³/mol. The van der Waals surface area contributed by atoms with Gasteiger partial charge in [0, 0.05) is 23.1 Å². The van der Waals surface area contributed by atoms with Crippen molar-refractivity contribution in [3.63, 3.8) is 0 Å². The molecule has 0 aliphatic rings. The number of nitrogens with one attached hydrogen (secondary N) is 1. The highest BCUT2D eigenvalue weighted by Gasteiger charge is 2.13. The summed E-state index contributed by atoms with van der Waals surface area (Å²) in [6.45, 7) is 5.22. The van der Waals surface area contributed by atoms with E-state index in [1.54, 1.807) is 6.20 Å². The second kappa shape index (κ2) is 6.77. The van der Waals surface area contributed by atoms with Crippen molar-refractivity contribution < 1.29 is 4.52 Å². The average Bonchev–Trinajstić information content (AvgIpc) is 2.86. The van der Waals surface area contributed by atoms with Crippen LogP contribution in [0.3, 0.4) is 0 Å². The van der Waals surface area contributed by atoms with Crippen molar-refractivity contribution in [2.24, 2.45) is 0 Å². The van der Waals surface area contributed by atoms with Gasteiger partial charge in [-0.3, -0.25) is 4.98 Å². The first kappa shape index (κ1) is 14.1. The van der Waals surface area contributed by atoms with Gasteiger partial charge in [0.1, 0.15) is 5.69 Å². The Balaban J connectivity index is 2.02. The predicted octanol–water partition coefficient (Wildman–Crippen LogP) is 2.82. The van der Waals surface area contributed by atoms with Crippen LogP contribution in [-0.4, -0.2) is 27.7 Å². The highest BCUT2D eigenvalue weighted by atomic mass is 79.9. The van der Waals surface area contributed by atoms with E-state index in [-0.39, 0.29) is 0 Å². The third kappa shape index (κ3) is 3.84. The Morgan fingerprint density at radius 3 is 3.05 bits per heavy atom. The van der Waals surface area contributed by atoms with E-state index < -0.39 is 0 Å². The third-order valence-electron chi connectivity index (χ3n) is 2.78. The van der Waals surface area contributed by atoms with E-state index in [9.17, 15) is 0 Å². The maximum Gasteiger partial charge on any atom is 0.227 e. The minimum Gasteiger partial charge on any atom is -0.339 e. The number of aromatic nitrogens is 3. The lowest BCUT2D eigenvalue weighted by atomic mass is 10.2. The lowest BCUT2D eigenvalue weighted by molar-refractivity contribution is 0.368. The Hall–Kier alpha value is -1.27. The van der Waals surface area contributed by atoms with Crippen LogP contribution in [0.25, 0.3) is 11.5 Å². The molecule has 0 saturated heterocycles. The molecule has 0 saturated carbocycles. The largest absolute Gasteiger partial charge is 0.339 e. The molecule has 2 heterocycles. The average molecular weight is 325 g/mol. The molecule has 0 aliphatic heterocycles. The smallest absolute Gasteiger partial charge is 0.227 e. The molecule has 1 N–H and O–H groups in total. The Bertz CT molecular complexity index is 529. The van der Waals surface area contributed by atoms with Crippen LogP contribution in [0.4, 0.5) is 0 Å². The highest BCUT2D eigenvalue weighted by Crippen LogP contribution is 2.23. The maximum atomic E-state index is 5.25. The fourth-order valence-corrected chi connectivity index (χ4v) is 2.23. The summed E-state index contributed by atoms with van der Waals surface area (Å²) in [5.74, 6) is 1.18. The summed E-state index contributed by atoms with van der Waals surface area (Å²) in [5, 5.41) is 7.33. The topological polar surface area (TPSA) is 63.8 Å². The normalized spacial score (nSPS) is 12.6. The monoisotopic (exact) mass is 324 g/mol. The van der Waals surface area contributed by atoms with Gasteiger partial charge < -0.3 is 9.84 Å². The molecular formula is C13H17BrN4O. The Labute approximate surface area is 121 Å². The number of nitrogens with zero attached hydrogens (tertiary/aromatic N) is 3. The Morgan fingerprint density at radius 2 is 2.32 bits per heavy atom. The minimum absolute atomic E-state index is 0.446. The zero-order valence-corrected chi connectivity index (χ0v) is 12.6. The van der Waals surface area contributed by atoms with Crippen molar-refractivity contribution in [1.29, 1.82) is 0 Å². The van der Waals surface area contributed by atoms with Crippen LogP contribution >= 0.6 is 15.9 Å². The van der Waals surface area contributed by atoms with Crippen molar-refractivity contribution in [2.45, 2.75) is 32.7 Å². The number of rotatable bonds is 6. The molecule has 5 nitrogen and oxygen atoms in total. The number of aryl methyl sites for hydroxylation is 1. The molecule has 1 atom stereocenters. The van der Waals surface area contributed by atoms with Gasteiger partial charge in [0.05, 0.1) is 0 Å². The van der Waals surface area contributed by atoms with Gasteiger partial charge in [-0.05, 0) is 48.0 Å². The van der Waals surface area contributed by atoms with Gasteiger partial charge in [-0.2, -0.15) is 4.98 Å². The quantitative estimate of drug-likeness (QED) is 0.885. The zero-order chi connectivity index (χ0) is 13.7. The fourth-order valence-electron chi connectivity index (χ4n) is 1.79. The maximum absolute atomic E-state index is 5.25. The first-order valence-corrected chi connectivity index (χ1v) is 7.17. The van der Waals surface area contributed by atoms with Crippen LogP contribution in [0.2, 0.25) is 0 Å². The lowest BCUT2D eigenvalue weighted by Crippen LogP contribution is -2.25. The molecule has 2 rings (SSSR count). The SMILES string of the molecule is CCNC(C)CCc1nc(-c2ncccc2Br)no1. The number of hydrogen-bond acceptors (Lipinski definition) is 5. The molecular weight excluding hydrogens is 308 g/mol. The first-order chi connectivity index (χ1) is 9.20. The third-order valence-corrected chi connectivity index (χ3v) is 3.42. The van der Waals surface area contributed by atoms with E-state index in [1.807, 2.05) is 12.1 Å². The van der Waals surface area contributed by atoms with Crippen molar-refractivity contribution in [2.75, 3.05) is 6.54 Å². The summed E-state index contributed by atoms with van der Waals surface area (Å²) in [7, 11) is 0. The van der Waals surface area contributed by atoms with Gasteiger partial charge in [-0.1, -0.05) is 12.1 Å². The second-order valence-corrected chi connectivity index (χ2v) is 5.20. The van der Waals surface area contributed by atoms with Crippen LogP contribution < -0.4 is 5.32 Å². The van der Waals surface area contributed by atoms with Crippen LogP contribution in [0.15, 0.2) is 27.3 Å². The van der Waals surface area contributed by atoms with Crippen LogP contribution in [-0.2, 0) is 6.42 Å². The van der Waals surface area contributed by atoms with Gasteiger partial charge in [0.15, 0.2) is 0 Å². The summed E-state index contributed by atoms with van der Waals surface area (Å²) in [6.07, 6.45) is 3.45. The molecule has 0 aromatic carbocycles. The standard InChI is InChI=1S/C13H17BrN4O/c1-3-15-9(2)6-7-11-17-13(18-19-11)12-10(14)5-4-8-16-12/h4-5,8-9,15H,3,6-7H2,1-2H3. The molecule has 0 fully saturated rings. The molecule has 0 spiro atoms. The van der Waals surface area contributed by atoms with E-state index in [2.05, 4.69) is 50.2 Å². The summed E-state index contributed by atoms with van der Waals surface area (Å²) in [5.41, 5.74) is 0.706. The van der Waals surface area contributed by atoms with Crippen LogP contribution in [0.1, 0.15) is 26.2 Å². The fraction of sp³-hybridized carbons (Fsp3) is 0.462. The summed E-state index contributed by atoms with van der Waals surface area (Å²) >= 11 is 3.43. The molecule has 19 heavy (non-hydrogen) atoms. The molecule has 0 aliphatic carbocycles. The second-order valence-electron chi connectivity index (χ2n) is 4.34. The summed E-state index contributed by atoms with van der Waals surface area (Å²) in [6, 6.07) is 4.21. The zero-order valence-electron chi connectivity index (χ0n) is 11.1. The molecule has 2 aromatic heterocycles. The van der Waals surface area contributed by atoms with E-state index in [0.29, 0.717) is 23.5 Å². The van der Waals surface area contributed by atoms with Gasteiger partial charge in [0.25, 0.3) is 0 Å². The van der Waals surface area contributed by atoms with Crippen molar-refractivity contribution in [3.8, 4) is 11.5 Å². The van der Waals surface area contributed by atoms with Crippen molar-refractivity contribution >= 4 is 15.9 Å². The Kier molecular flexibility index (Phi) is 5.04. The first-order valence-electron chi connectivity index (χ1n) is 6.37. The Morgan fingerprint density at radius 1 is 1.47 bits per heavy atom.